The Labute approximate surface area is 110 Å². The Hall–Kier alpha value is -1.16. The minimum atomic E-state index is 0.447. The van der Waals surface area contributed by atoms with Crippen LogP contribution < -0.4 is 0 Å². The van der Waals surface area contributed by atoms with Crippen molar-refractivity contribution in [1.82, 2.24) is 15.4 Å². The highest BCUT2D eigenvalue weighted by molar-refractivity contribution is 9.10. The molecule has 90 valence electrons. The minimum Gasteiger partial charge on any atom is -0.198 e. The maximum Gasteiger partial charge on any atom is 0.0830 e. The molecule has 2 aromatic rings. The molecule has 0 saturated carbocycles. The van der Waals surface area contributed by atoms with Crippen molar-refractivity contribution in [2.24, 2.45) is 0 Å². The van der Waals surface area contributed by atoms with Crippen molar-refractivity contribution in [3.63, 3.8) is 0 Å². The fourth-order valence-electron chi connectivity index (χ4n) is 1.91. The number of nitrogens with zero attached hydrogens (tertiary/aromatic N) is 2. The van der Waals surface area contributed by atoms with Crippen LogP contribution in [0.1, 0.15) is 36.6 Å². The zero-order chi connectivity index (χ0) is 12.3. The third-order valence-electron chi connectivity index (χ3n) is 3.01. The molecule has 0 bridgehead atoms. The van der Waals surface area contributed by atoms with Gasteiger partial charge < -0.3 is 0 Å². The number of hydrogen-bond donors (Lipinski definition) is 1. The van der Waals surface area contributed by atoms with Gasteiger partial charge in [-0.25, -0.2) is 0 Å². The second kappa shape index (κ2) is 5.45. The van der Waals surface area contributed by atoms with Crippen LogP contribution >= 0.6 is 15.9 Å². The van der Waals surface area contributed by atoms with E-state index in [1.807, 2.05) is 0 Å². The highest BCUT2D eigenvalue weighted by Crippen LogP contribution is 2.25. The van der Waals surface area contributed by atoms with E-state index in [-0.39, 0.29) is 0 Å². The molecule has 0 saturated heterocycles. The quantitative estimate of drug-likeness (QED) is 0.938. The summed E-state index contributed by atoms with van der Waals surface area (Å²) in [5.41, 5.74) is 3.69. The summed E-state index contributed by atoms with van der Waals surface area (Å²) in [5.74, 6) is 0.447. The van der Waals surface area contributed by atoms with Crippen LogP contribution in [0.2, 0.25) is 0 Å². The third kappa shape index (κ3) is 2.94. The largest absolute Gasteiger partial charge is 0.198 e. The first kappa shape index (κ1) is 12.3. The van der Waals surface area contributed by atoms with E-state index < -0.39 is 0 Å². The molecular formula is C13H16BrN3. The minimum absolute atomic E-state index is 0.447. The lowest BCUT2D eigenvalue weighted by Crippen LogP contribution is -1.99. The summed E-state index contributed by atoms with van der Waals surface area (Å²) in [7, 11) is 0. The van der Waals surface area contributed by atoms with Crippen LogP contribution in [0.25, 0.3) is 0 Å². The first-order valence-corrected chi connectivity index (χ1v) is 6.63. The predicted molar refractivity (Wildman–Crippen MR) is 72.0 cm³/mol. The highest BCUT2D eigenvalue weighted by Gasteiger charge is 2.10. The summed E-state index contributed by atoms with van der Waals surface area (Å²) < 4.78 is 1.20. The Kier molecular flexibility index (Phi) is 3.94. The number of halogens is 1. The van der Waals surface area contributed by atoms with E-state index in [0.717, 1.165) is 18.5 Å². The number of H-pyrrole nitrogens is 1. The molecule has 3 nitrogen and oxygen atoms in total. The van der Waals surface area contributed by atoms with Crippen molar-refractivity contribution in [2.45, 2.75) is 32.6 Å². The SMILES string of the molecule is CCc1ccc(C(C)Cc2cn[nH]n2)cc1Br. The molecule has 0 fully saturated rings. The Morgan fingerprint density at radius 3 is 2.82 bits per heavy atom. The van der Waals surface area contributed by atoms with Crippen LogP contribution in [-0.4, -0.2) is 15.4 Å². The zero-order valence-electron chi connectivity index (χ0n) is 10.1. The lowest BCUT2D eigenvalue weighted by molar-refractivity contribution is 0.734. The summed E-state index contributed by atoms with van der Waals surface area (Å²) in [5, 5.41) is 10.6. The lowest BCUT2D eigenvalue weighted by Gasteiger charge is -2.12. The Bertz CT molecular complexity index is 479. The molecule has 1 aromatic carbocycles. The van der Waals surface area contributed by atoms with Crippen LogP contribution in [0.15, 0.2) is 28.9 Å². The monoisotopic (exact) mass is 293 g/mol. The van der Waals surface area contributed by atoms with E-state index in [1.54, 1.807) is 6.20 Å². The van der Waals surface area contributed by atoms with Crippen molar-refractivity contribution in [3.8, 4) is 0 Å². The fraction of sp³-hybridized carbons (Fsp3) is 0.385. The van der Waals surface area contributed by atoms with Crippen molar-refractivity contribution >= 4 is 15.9 Å². The van der Waals surface area contributed by atoms with E-state index in [9.17, 15) is 0 Å². The zero-order valence-corrected chi connectivity index (χ0v) is 11.7. The molecule has 0 amide bonds. The van der Waals surface area contributed by atoms with Gasteiger partial charge in [0.2, 0.25) is 0 Å². The van der Waals surface area contributed by atoms with Crippen molar-refractivity contribution in [1.29, 1.82) is 0 Å². The van der Waals surface area contributed by atoms with Gasteiger partial charge in [-0.3, -0.25) is 0 Å². The molecule has 0 aliphatic carbocycles. The van der Waals surface area contributed by atoms with E-state index in [2.05, 4.69) is 63.4 Å². The second-order valence-corrected chi connectivity index (χ2v) is 5.13. The molecule has 0 radical (unpaired) electrons. The number of aromatic amines is 1. The highest BCUT2D eigenvalue weighted by atomic mass is 79.9. The molecule has 0 spiro atoms. The van der Waals surface area contributed by atoms with Gasteiger partial charge in [0, 0.05) is 4.47 Å². The average molecular weight is 294 g/mol. The topological polar surface area (TPSA) is 41.6 Å². The molecule has 1 heterocycles. The standard InChI is InChI=1S/C13H16BrN3/c1-3-10-4-5-11(7-13(10)14)9(2)6-12-8-15-17-16-12/h4-5,7-9H,3,6H2,1-2H3,(H,15,16,17). The molecule has 0 aliphatic heterocycles. The molecule has 1 aromatic heterocycles. The van der Waals surface area contributed by atoms with Crippen LogP contribution in [0.3, 0.4) is 0 Å². The van der Waals surface area contributed by atoms with Gasteiger partial charge in [0.1, 0.15) is 0 Å². The molecule has 4 heteroatoms. The van der Waals surface area contributed by atoms with Gasteiger partial charge in [0.15, 0.2) is 0 Å². The smallest absolute Gasteiger partial charge is 0.0830 e. The van der Waals surface area contributed by atoms with Gasteiger partial charge in [0.05, 0.1) is 11.9 Å². The number of aryl methyl sites for hydroxylation is 1. The Morgan fingerprint density at radius 2 is 2.24 bits per heavy atom. The number of hydrogen-bond acceptors (Lipinski definition) is 2. The predicted octanol–water partition coefficient (Wildman–Crippen LogP) is 3.48. The maximum absolute atomic E-state index is 4.09. The maximum atomic E-state index is 4.09. The average Bonchev–Trinajstić information content (AvgIpc) is 2.81. The summed E-state index contributed by atoms with van der Waals surface area (Å²) in [6, 6.07) is 6.61. The molecule has 0 aliphatic rings. The molecule has 2 rings (SSSR count). The summed E-state index contributed by atoms with van der Waals surface area (Å²) in [6.07, 6.45) is 3.75. The summed E-state index contributed by atoms with van der Waals surface area (Å²) >= 11 is 3.62. The van der Waals surface area contributed by atoms with Crippen molar-refractivity contribution in [2.75, 3.05) is 0 Å². The van der Waals surface area contributed by atoms with Crippen molar-refractivity contribution < 1.29 is 0 Å². The number of aromatic nitrogens is 3. The van der Waals surface area contributed by atoms with Gasteiger partial charge in [-0.15, -0.1) is 0 Å². The van der Waals surface area contributed by atoms with Crippen LogP contribution in [0, 0.1) is 0 Å². The molecular weight excluding hydrogens is 278 g/mol. The molecule has 1 atom stereocenters. The normalized spacial score (nSPS) is 12.6. The van der Waals surface area contributed by atoms with Crippen LogP contribution in [0.4, 0.5) is 0 Å². The van der Waals surface area contributed by atoms with E-state index in [0.29, 0.717) is 5.92 Å². The second-order valence-electron chi connectivity index (χ2n) is 4.27. The number of nitrogens with one attached hydrogen (secondary N) is 1. The lowest BCUT2D eigenvalue weighted by atomic mass is 9.95. The third-order valence-corrected chi connectivity index (χ3v) is 3.75. The number of benzene rings is 1. The summed E-state index contributed by atoms with van der Waals surface area (Å²) in [6.45, 7) is 4.38. The van der Waals surface area contributed by atoms with Crippen molar-refractivity contribution in [3.05, 3.63) is 45.7 Å². The van der Waals surface area contributed by atoms with Gasteiger partial charge in [-0.1, -0.05) is 41.9 Å². The molecule has 1 N–H and O–H groups in total. The van der Waals surface area contributed by atoms with Crippen LogP contribution in [-0.2, 0) is 12.8 Å². The summed E-state index contributed by atoms with van der Waals surface area (Å²) in [4.78, 5) is 0. The number of rotatable bonds is 4. The van der Waals surface area contributed by atoms with Gasteiger partial charge in [-0.05, 0) is 36.0 Å². The van der Waals surface area contributed by atoms with E-state index in [1.165, 1.54) is 15.6 Å². The Balaban J connectivity index is 2.14. The van der Waals surface area contributed by atoms with Gasteiger partial charge >= 0.3 is 0 Å². The van der Waals surface area contributed by atoms with E-state index >= 15 is 0 Å². The van der Waals surface area contributed by atoms with Gasteiger partial charge in [-0.2, -0.15) is 15.4 Å². The first-order chi connectivity index (χ1) is 8.20. The van der Waals surface area contributed by atoms with Gasteiger partial charge in [0.25, 0.3) is 0 Å². The molecule has 1 unspecified atom stereocenters. The molecule has 17 heavy (non-hydrogen) atoms. The fourth-order valence-corrected chi connectivity index (χ4v) is 2.59. The Morgan fingerprint density at radius 1 is 1.41 bits per heavy atom. The first-order valence-electron chi connectivity index (χ1n) is 5.83. The van der Waals surface area contributed by atoms with E-state index in [4.69, 9.17) is 0 Å². The van der Waals surface area contributed by atoms with Crippen LogP contribution in [0.5, 0.6) is 0 Å².